The molecule has 1 N–H and O–H groups in total. The van der Waals surface area contributed by atoms with Crippen LogP contribution in [0.25, 0.3) is 0 Å². The van der Waals surface area contributed by atoms with E-state index in [0.29, 0.717) is 23.6 Å². The molecule has 1 fully saturated rings. The highest BCUT2D eigenvalue weighted by atomic mass is 32.2. The van der Waals surface area contributed by atoms with Crippen LogP contribution in [0.15, 0.2) is 18.2 Å². The highest BCUT2D eigenvalue weighted by molar-refractivity contribution is 7.99. The van der Waals surface area contributed by atoms with E-state index in [-0.39, 0.29) is 11.5 Å². The molecule has 1 amide bonds. The number of amides is 1. The Morgan fingerprint density at radius 2 is 1.90 bits per heavy atom. The molecule has 0 saturated carbocycles. The molecule has 5 nitrogen and oxygen atoms in total. The second-order valence-electron chi connectivity index (χ2n) is 4.97. The average molecular weight is 311 g/mol. The van der Waals surface area contributed by atoms with Crippen LogP contribution < -0.4 is 14.8 Å². The summed E-state index contributed by atoms with van der Waals surface area (Å²) in [5.41, 5.74) is 0.270. The lowest BCUT2D eigenvalue weighted by Crippen LogP contribution is -2.44. The van der Waals surface area contributed by atoms with Crippen molar-refractivity contribution in [3.05, 3.63) is 23.8 Å². The van der Waals surface area contributed by atoms with Crippen LogP contribution in [0, 0.1) is 0 Å². The zero-order valence-corrected chi connectivity index (χ0v) is 13.4. The number of hydrogen-bond acceptors (Lipinski definition) is 5. The largest absolute Gasteiger partial charge is 0.497 e. The number of thioether (sulfide) groups is 1. The van der Waals surface area contributed by atoms with Crippen LogP contribution in [0.4, 0.5) is 0 Å². The maximum Gasteiger partial charge on any atom is 0.251 e. The normalized spacial score (nSPS) is 21.1. The number of methoxy groups -OCH3 is 3. The third kappa shape index (κ3) is 3.83. The second kappa shape index (κ2) is 7.04. The van der Waals surface area contributed by atoms with E-state index >= 15 is 0 Å². The molecule has 6 heteroatoms. The summed E-state index contributed by atoms with van der Waals surface area (Å²) in [5, 5.41) is 2.95. The lowest BCUT2D eigenvalue weighted by molar-refractivity contribution is 0.0137. The van der Waals surface area contributed by atoms with Gasteiger partial charge in [-0.3, -0.25) is 4.79 Å². The van der Waals surface area contributed by atoms with Crippen molar-refractivity contribution in [2.45, 2.75) is 12.0 Å². The van der Waals surface area contributed by atoms with Gasteiger partial charge in [0.25, 0.3) is 5.91 Å². The van der Waals surface area contributed by atoms with E-state index in [9.17, 15) is 4.79 Å². The fraction of sp³-hybridized carbons (Fsp3) is 0.533. The Labute approximate surface area is 129 Å². The van der Waals surface area contributed by atoms with Gasteiger partial charge in [0.15, 0.2) is 0 Å². The first-order valence-electron chi connectivity index (χ1n) is 6.76. The van der Waals surface area contributed by atoms with Gasteiger partial charge in [-0.15, -0.1) is 0 Å². The van der Waals surface area contributed by atoms with Gasteiger partial charge in [-0.05, 0) is 24.3 Å². The zero-order valence-electron chi connectivity index (χ0n) is 12.6. The van der Waals surface area contributed by atoms with Gasteiger partial charge in [0.2, 0.25) is 0 Å². The molecule has 1 saturated heterocycles. The molecule has 1 aromatic carbocycles. The molecule has 116 valence electrons. The minimum atomic E-state index is -0.247. The van der Waals surface area contributed by atoms with Crippen LogP contribution in [-0.2, 0) is 4.74 Å². The molecule has 0 radical (unpaired) electrons. The SMILES string of the molecule is COc1cc(OC)cc(C(=O)NCC2(OC)CCSC2)c1. The number of rotatable bonds is 6. The Kier molecular flexibility index (Phi) is 5.36. The molecule has 1 heterocycles. The third-order valence-corrected chi connectivity index (χ3v) is 4.91. The Hall–Kier alpha value is -1.40. The summed E-state index contributed by atoms with van der Waals surface area (Å²) in [5.74, 6) is 3.01. The van der Waals surface area contributed by atoms with Crippen LogP contribution >= 0.6 is 11.8 Å². The van der Waals surface area contributed by atoms with Crippen molar-refractivity contribution < 1.29 is 19.0 Å². The molecule has 0 aromatic heterocycles. The zero-order chi connectivity index (χ0) is 15.3. The van der Waals surface area contributed by atoms with Gasteiger partial charge in [0, 0.05) is 31.0 Å². The van der Waals surface area contributed by atoms with Crippen LogP contribution in [0.1, 0.15) is 16.8 Å². The van der Waals surface area contributed by atoms with E-state index in [2.05, 4.69) is 5.32 Å². The molecular formula is C15H21NO4S. The quantitative estimate of drug-likeness (QED) is 0.870. The first-order valence-corrected chi connectivity index (χ1v) is 7.92. The second-order valence-corrected chi connectivity index (χ2v) is 6.08. The highest BCUT2D eigenvalue weighted by Gasteiger charge is 2.34. The number of carbonyl (C=O) groups is 1. The molecule has 1 aliphatic rings. The lowest BCUT2D eigenvalue weighted by atomic mass is 10.0. The topological polar surface area (TPSA) is 56.8 Å². The number of ether oxygens (including phenoxy) is 3. The summed E-state index contributed by atoms with van der Waals surface area (Å²) in [6, 6.07) is 5.13. The van der Waals surface area contributed by atoms with E-state index in [1.54, 1.807) is 39.5 Å². The van der Waals surface area contributed by atoms with Crippen LogP contribution in [0.3, 0.4) is 0 Å². The van der Waals surface area contributed by atoms with Gasteiger partial charge in [-0.2, -0.15) is 11.8 Å². The number of carbonyl (C=O) groups excluding carboxylic acids is 1. The number of benzene rings is 1. The van der Waals surface area contributed by atoms with Crippen LogP contribution in [-0.4, -0.2) is 50.9 Å². The fourth-order valence-corrected chi connectivity index (χ4v) is 3.64. The summed E-state index contributed by atoms with van der Waals surface area (Å²) in [6.45, 7) is 0.509. The van der Waals surface area contributed by atoms with Crippen molar-refractivity contribution in [2.24, 2.45) is 0 Å². The Morgan fingerprint density at radius 3 is 2.38 bits per heavy atom. The lowest BCUT2D eigenvalue weighted by Gasteiger charge is -2.26. The van der Waals surface area contributed by atoms with Gasteiger partial charge >= 0.3 is 0 Å². The van der Waals surface area contributed by atoms with Crippen molar-refractivity contribution in [3.63, 3.8) is 0 Å². The Balaban J connectivity index is 2.06. The minimum absolute atomic E-state index is 0.152. The summed E-state index contributed by atoms with van der Waals surface area (Å²) in [4.78, 5) is 12.3. The highest BCUT2D eigenvalue weighted by Crippen LogP contribution is 2.30. The summed E-state index contributed by atoms with van der Waals surface area (Å²) >= 11 is 1.85. The van der Waals surface area contributed by atoms with E-state index in [1.165, 1.54) is 0 Å². The number of nitrogens with one attached hydrogen (secondary N) is 1. The monoisotopic (exact) mass is 311 g/mol. The van der Waals surface area contributed by atoms with Gasteiger partial charge in [0.05, 0.1) is 19.8 Å². The van der Waals surface area contributed by atoms with Crippen molar-refractivity contribution >= 4 is 17.7 Å². The third-order valence-electron chi connectivity index (χ3n) is 3.68. The van der Waals surface area contributed by atoms with Gasteiger partial charge in [-0.1, -0.05) is 0 Å². The summed E-state index contributed by atoms with van der Waals surface area (Å²) in [7, 11) is 4.82. The molecule has 1 atom stereocenters. The van der Waals surface area contributed by atoms with E-state index in [1.807, 2.05) is 11.8 Å². The maximum absolute atomic E-state index is 12.3. The molecule has 2 rings (SSSR count). The molecule has 1 aliphatic heterocycles. The standard InChI is InChI=1S/C15H21NO4S/c1-18-12-6-11(7-13(8-12)19-2)14(17)16-9-15(20-3)4-5-21-10-15/h6-8H,4-5,9-10H2,1-3H3,(H,16,17). The molecular weight excluding hydrogens is 290 g/mol. The maximum atomic E-state index is 12.3. The van der Waals surface area contributed by atoms with Gasteiger partial charge in [-0.25, -0.2) is 0 Å². The van der Waals surface area contributed by atoms with Crippen molar-refractivity contribution in [2.75, 3.05) is 39.4 Å². The predicted octanol–water partition coefficient (Wildman–Crippen LogP) is 1.96. The fourth-order valence-electron chi connectivity index (χ4n) is 2.24. The molecule has 0 bridgehead atoms. The van der Waals surface area contributed by atoms with E-state index in [0.717, 1.165) is 17.9 Å². The van der Waals surface area contributed by atoms with E-state index < -0.39 is 0 Å². The summed E-state index contributed by atoms with van der Waals surface area (Å²) < 4.78 is 15.9. The molecule has 0 spiro atoms. The molecule has 0 aliphatic carbocycles. The molecule has 21 heavy (non-hydrogen) atoms. The average Bonchev–Trinajstić information content (AvgIpc) is 3.01. The van der Waals surface area contributed by atoms with E-state index in [4.69, 9.17) is 14.2 Å². The Morgan fingerprint density at radius 1 is 1.24 bits per heavy atom. The number of hydrogen-bond donors (Lipinski definition) is 1. The van der Waals surface area contributed by atoms with Crippen molar-refractivity contribution in [1.29, 1.82) is 0 Å². The van der Waals surface area contributed by atoms with Gasteiger partial charge in [0.1, 0.15) is 11.5 Å². The predicted molar refractivity (Wildman–Crippen MR) is 83.6 cm³/mol. The smallest absolute Gasteiger partial charge is 0.251 e. The summed E-state index contributed by atoms with van der Waals surface area (Å²) in [6.07, 6.45) is 0.954. The minimum Gasteiger partial charge on any atom is -0.497 e. The van der Waals surface area contributed by atoms with Gasteiger partial charge < -0.3 is 19.5 Å². The van der Waals surface area contributed by atoms with Crippen molar-refractivity contribution in [1.82, 2.24) is 5.32 Å². The molecule has 1 unspecified atom stereocenters. The van der Waals surface area contributed by atoms with Crippen LogP contribution in [0.5, 0.6) is 11.5 Å². The first kappa shape index (κ1) is 16.0. The molecule has 1 aromatic rings. The Bertz CT molecular complexity index is 478. The van der Waals surface area contributed by atoms with Crippen molar-refractivity contribution in [3.8, 4) is 11.5 Å². The first-order chi connectivity index (χ1) is 10.1. The van der Waals surface area contributed by atoms with Crippen LogP contribution in [0.2, 0.25) is 0 Å².